The van der Waals surface area contributed by atoms with Crippen molar-refractivity contribution in [3.8, 4) is 0 Å². The van der Waals surface area contributed by atoms with E-state index in [1.54, 1.807) is 0 Å². The molecule has 2 rings (SSSR count). The van der Waals surface area contributed by atoms with E-state index in [0.29, 0.717) is 0 Å². The highest BCUT2D eigenvalue weighted by molar-refractivity contribution is 8.76. The molecule has 14 heavy (non-hydrogen) atoms. The minimum absolute atomic E-state index is 0.914. The largest absolute Gasteiger partial charge is 0.316 e. The summed E-state index contributed by atoms with van der Waals surface area (Å²) in [5.41, 5.74) is 0. The summed E-state index contributed by atoms with van der Waals surface area (Å²) in [5.74, 6) is 3.53. The predicted molar refractivity (Wildman–Crippen MR) is 66.9 cm³/mol. The Hall–Kier alpha value is 0.620. The number of hydrogen-bond acceptors (Lipinski definition) is 4. The molecule has 0 radical (unpaired) electrons. The van der Waals surface area contributed by atoms with Crippen molar-refractivity contribution >= 4 is 21.6 Å². The average molecular weight is 232 g/mol. The molecule has 0 spiro atoms. The Bertz CT molecular complexity index is 152. The fourth-order valence-corrected chi connectivity index (χ4v) is 4.25. The van der Waals surface area contributed by atoms with Gasteiger partial charge in [0.25, 0.3) is 0 Å². The summed E-state index contributed by atoms with van der Waals surface area (Å²) in [5, 5.41) is 3.50. The molecule has 0 saturated carbocycles. The first kappa shape index (κ1) is 11.1. The van der Waals surface area contributed by atoms with Gasteiger partial charge < -0.3 is 10.2 Å². The van der Waals surface area contributed by atoms with Gasteiger partial charge in [-0.05, 0) is 31.8 Å². The summed E-state index contributed by atoms with van der Waals surface area (Å²) in [6.45, 7) is 6.41. The fourth-order valence-electron chi connectivity index (χ4n) is 2.19. The molecule has 1 N–H and O–H groups in total. The number of rotatable bonds is 2. The molecule has 0 bridgehead atoms. The van der Waals surface area contributed by atoms with Gasteiger partial charge in [-0.15, -0.1) is 0 Å². The lowest BCUT2D eigenvalue weighted by Gasteiger charge is -2.28. The van der Waals surface area contributed by atoms with Gasteiger partial charge in [-0.2, -0.15) is 0 Å². The van der Waals surface area contributed by atoms with Crippen LogP contribution in [0.3, 0.4) is 0 Å². The summed E-state index contributed by atoms with van der Waals surface area (Å²) in [4.78, 5) is 2.66. The quantitative estimate of drug-likeness (QED) is 0.728. The lowest BCUT2D eigenvalue weighted by Crippen LogP contribution is -2.39. The van der Waals surface area contributed by atoms with Gasteiger partial charge in [0.1, 0.15) is 0 Å². The molecule has 4 heteroatoms. The van der Waals surface area contributed by atoms with Crippen molar-refractivity contribution in [2.45, 2.75) is 12.8 Å². The van der Waals surface area contributed by atoms with Gasteiger partial charge in [-0.25, -0.2) is 0 Å². The monoisotopic (exact) mass is 232 g/mol. The van der Waals surface area contributed by atoms with Crippen molar-refractivity contribution in [2.75, 3.05) is 44.2 Å². The van der Waals surface area contributed by atoms with Crippen LogP contribution in [0.1, 0.15) is 12.8 Å². The molecular weight excluding hydrogens is 212 g/mol. The van der Waals surface area contributed by atoms with Crippen LogP contribution >= 0.6 is 21.6 Å². The average Bonchev–Trinajstić information content (AvgIpc) is 2.48. The molecule has 2 aliphatic rings. The van der Waals surface area contributed by atoms with E-state index in [9.17, 15) is 0 Å². The third kappa shape index (κ3) is 3.65. The first-order chi connectivity index (χ1) is 6.95. The van der Waals surface area contributed by atoms with Crippen LogP contribution < -0.4 is 5.32 Å². The van der Waals surface area contributed by atoms with Crippen LogP contribution in [-0.2, 0) is 0 Å². The summed E-state index contributed by atoms with van der Waals surface area (Å²) < 4.78 is 0. The minimum atomic E-state index is 0.914. The van der Waals surface area contributed by atoms with E-state index in [2.05, 4.69) is 10.2 Å². The fraction of sp³-hybridized carbons (Fsp3) is 1.00. The van der Waals surface area contributed by atoms with E-state index in [0.717, 1.165) is 5.92 Å². The van der Waals surface area contributed by atoms with Gasteiger partial charge in [-0.1, -0.05) is 21.6 Å². The van der Waals surface area contributed by atoms with Gasteiger partial charge >= 0.3 is 0 Å². The van der Waals surface area contributed by atoms with E-state index in [1.807, 2.05) is 21.6 Å². The SMILES string of the molecule is C1CNC[C@@H](CN2CCSSCC2)C1. The van der Waals surface area contributed by atoms with E-state index in [1.165, 1.54) is 57.1 Å². The summed E-state index contributed by atoms with van der Waals surface area (Å²) >= 11 is 0. The maximum Gasteiger partial charge on any atom is 0.0165 e. The Labute approximate surface area is 95.0 Å². The minimum Gasteiger partial charge on any atom is -0.316 e. The Morgan fingerprint density at radius 3 is 2.64 bits per heavy atom. The molecule has 0 aromatic heterocycles. The molecule has 0 aliphatic carbocycles. The van der Waals surface area contributed by atoms with Crippen molar-refractivity contribution < 1.29 is 0 Å². The van der Waals surface area contributed by atoms with Crippen LogP contribution in [-0.4, -0.2) is 49.1 Å². The highest BCUT2D eigenvalue weighted by Gasteiger charge is 2.17. The van der Waals surface area contributed by atoms with E-state index in [4.69, 9.17) is 0 Å². The Balaban J connectivity index is 1.71. The van der Waals surface area contributed by atoms with Crippen molar-refractivity contribution in [2.24, 2.45) is 5.92 Å². The molecule has 0 amide bonds. The molecule has 2 heterocycles. The summed E-state index contributed by atoms with van der Waals surface area (Å²) in [6, 6.07) is 0. The zero-order valence-electron chi connectivity index (χ0n) is 8.71. The molecule has 82 valence electrons. The van der Waals surface area contributed by atoms with Crippen molar-refractivity contribution in [1.82, 2.24) is 10.2 Å². The van der Waals surface area contributed by atoms with Crippen LogP contribution in [0.5, 0.6) is 0 Å². The van der Waals surface area contributed by atoms with Gasteiger partial charge in [-0.3, -0.25) is 0 Å². The van der Waals surface area contributed by atoms with Crippen molar-refractivity contribution in [1.29, 1.82) is 0 Å². The number of hydrogen-bond donors (Lipinski definition) is 1. The van der Waals surface area contributed by atoms with Crippen LogP contribution in [0.15, 0.2) is 0 Å². The lowest BCUT2D eigenvalue weighted by atomic mass is 9.99. The molecule has 2 saturated heterocycles. The molecule has 2 fully saturated rings. The topological polar surface area (TPSA) is 15.3 Å². The van der Waals surface area contributed by atoms with Gasteiger partial charge in [0.2, 0.25) is 0 Å². The van der Waals surface area contributed by atoms with Gasteiger partial charge in [0, 0.05) is 31.1 Å². The molecular formula is C10H20N2S2. The molecule has 2 nitrogen and oxygen atoms in total. The third-order valence-corrected chi connectivity index (χ3v) is 5.35. The maximum absolute atomic E-state index is 3.50. The van der Waals surface area contributed by atoms with Crippen LogP contribution in [0.2, 0.25) is 0 Å². The van der Waals surface area contributed by atoms with Crippen molar-refractivity contribution in [3.63, 3.8) is 0 Å². The highest BCUT2D eigenvalue weighted by atomic mass is 33.1. The van der Waals surface area contributed by atoms with Crippen LogP contribution in [0.4, 0.5) is 0 Å². The smallest absolute Gasteiger partial charge is 0.0165 e. The Morgan fingerprint density at radius 2 is 2.00 bits per heavy atom. The molecule has 0 aromatic carbocycles. The summed E-state index contributed by atoms with van der Waals surface area (Å²) in [6.07, 6.45) is 2.81. The maximum atomic E-state index is 3.50. The van der Waals surface area contributed by atoms with E-state index in [-0.39, 0.29) is 0 Å². The molecule has 0 aromatic rings. The molecule has 1 atom stereocenters. The van der Waals surface area contributed by atoms with E-state index >= 15 is 0 Å². The number of nitrogens with one attached hydrogen (secondary N) is 1. The first-order valence-corrected chi connectivity index (χ1v) is 8.11. The standard InChI is InChI=1S/C10H20N2S2/c1-2-10(8-11-3-1)9-12-4-6-13-14-7-5-12/h10-11H,1-9H2/t10-/m0/s1. The summed E-state index contributed by atoms with van der Waals surface area (Å²) in [7, 11) is 4.08. The van der Waals surface area contributed by atoms with E-state index < -0.39 is 0 Å². The van der Waals surface area contributed by atoms with Gasteiger partial charge in [0.15, 0.2) is 0 Å². The van der Waals surface area contributed by atoms with Crippen LogP contribution in [0, 0.1) is 5.92 Å². The number of nitrogens with zero attached hydrogens (tertiary/aromatic N) is 1. The molecule has 2 aliphatic heterocycles. The zero-order chi connectivity index (χ0) is 9.64. The van der Waals surface area contributed by atoms with Crippen molar-refractivity contribution in [3.05, 3.63) is 0 Å². The second-order valence-corrected chi connectivity index (χ2v) is 6.86. The normalized spacial score (nSPS) is 31.3. The zero-order valence-corrected chi connectivity index (χ0v) is 10.3. The Kier molecular flexibility index (Phi) is 4.97. The first-order valence-electron chi connectivity index (χ1n) is 5.62. The van der Waals surface area contributed by atoms with Crippen LogP contribution in [0.25, 0.3) is 0 Å². The predicted octanol–water partition coefficient (Wildman–Crippen LogP) is 1.68. The molecule has 0 unspecified atom stereocenters. The second kappa shape index (κ2) is 6.26. The number of piperidine rings is 1. The lowest BCUT2D eigenvalue weighted by molar-refractivity contribution is 0.228. The third-order valence-electron chi connectivity index (χ3n) is 2.98. The highest BCUT2D eigenvalue weighted by Crippen LogP contribution is 2.24. The Morgan fingerprint density at radius 1 is 1.21 bits per heavy atom. The second-order valence-electron chi connectivity index (χ2n) is 4.16. The van der Waals surface area contributed by atoms with Gasteiger partial charge in [0.05, 0.1) is 0 Å².